The topological polar surface area (TPSA) is 86.4 Å². The summed E-state index contributed by atoms with van der Waals surface area (Å²) < 4.78 is 7.74. The molecule has 0 radical (unpaired) electrons. The molecule has 1 aromatic carbocycles. The molecule has 2 aromatic rings. The maximum atomic E-state index is 12.4. The van der Waals surface area contributed by atoms with Crippen molar-refractivity contribution in [1.82, 2.24) is 14.3 Å². The molecule has 0 saturated heterocycles. The number of hydrogen-bond donors (Lipinski definition) is 1. The minimum Gasteiger partial charge on any atom is -0.497 e. The molecule has 116 valence electrons. The highest BCUT2D eigenvalue weighted by Crippen LogP contribution is 2.22. The second-order valence-corrected chi connectivity index (χ2v) is 5.32. The monoisotopic (exact) mass is 303 g/mol. The van der Waals surface area contributed by atoms with Crippen LogP contribution < -0.4 is 10.4 Å². The molecule has 0 unspecified atom stereocenters. The van der Waals surface area contributed by atoms with Gasteiger partial charge in [-0.15, -0.1) is 0 Å². The molecule has 0 amide bonds. The minimum absolute atomic E-state index is 0.315. The van der Waals surface area contributed by atoms with Gasteiger partial charge in [0.25, 0.3) is 0 Å². The number of methoxy groups -OCH3 is 1. The Balaban J connectivity index is 1.92. The number of aliphatic carboxylic acids is 1. The van der Waals surface area contributed by atoms with Crippen LogP contribution in [0.2, 0.25) is 0 Å². The van der Waals surface area contributed by atoms with E-state index in [0.29, 0.717) is 25.2 Å². The van der Waals surface area contributed by atoms with E-state index in [4.69, 9.17) is 4.74 Å². The molecular formula is C15H17N3O4. The summed E-state index contributed by atoms with van der Waals surface area (Å²) in [4.78, 5) is 23.7. The Bertz CT molecular complexity index is 745. The van der Waals surface area contributed by atoms with E-state index < -0.39 is 12.0 Å². The molecule has 0 spiro atoms. The van der Waals surface area contributed by atoms with Gasteiger partial charge < -0.3 is 9.84 Å². The summed E-state index contributed by atoms with van der Waals surface area (Å²) in [5.41, 5.74) is 0.545. The van der Waals surface area contributed by atoms with E-state index in [1.165, 1.54) is 9.25 Å². The van der Waals surface area contributed by atoms with Crippen LogP contribution in [0.1, 0.15) is 30.3 Å². The van der Waals surface area contributed by atoms with Crippen LogP contribution in [0.25, 0.3) is 0 Å². The molecule has 1 aromatic heterocycles. The minimum atomic E-state index is -0.980. The third kappa shape index (κ3) is 2.49. The van der Waals surface area contributed by atoms with Crippen LogP contribution in [0.15, 0.2) is 29.1 Å². The number of carbonyl (C=O) groups is 1. The first-order valence-electron chi connectivity index (χ1n) is 7.14. The summed E-state index contributed by atoms with van der Waals surface area (Å²) in [6.45, 7) is 0.315. The smallest absolute Gasteiger partial charge is 0.347 e. The number of carboxylic acid groups (broad SMARTS) is 1. The molecule has 7 heteroatoms. The molecule has 3 rings (SSSR count). The number of fused-ring (bicyclic) bond motifs is 1. The highest BCUT2D eigenvalue weighted by molar-refractivity contribution is 5.72. The second kappa shape index (κ2) is 5.67. The zero-order valence-corrected chi connectivity index (χ0v) is 12.2. The van der Waals surface area contributed by atoms with E-state index in [9.17, 15) is 14.7 Å². The summed E-state index contributed by atoms with van der Waals surface area (Å²) in [5.74, 6) is 0.315. The Labute approximate surface area is 126 Å². The summed E-state index contributed by atoms with van der Waals surface area (Å²) in [5, 5.41) is 13.5. The van der Waals surface area contributed by atoms with Gasteiger partial charge in [-0.2, -0.15) is 5.10 Å². The Morgan fingerprint density at radius 1 is 1.41 bits per heavy atom. The van der Waals surface area contributed by atoms with E-state index in [1.54, 1.807) is 7.11 Å². The summed E-state index contributed by atoms with van der Waals surface area (Å²) in [6, 6.07) is 6.55. The summed E-state index contributed by atoms with van der Waals surface area (Å²) >= 11 is 0. The second-order valence-electron chi connectivity index (χ2n) is 5.32. The van der Waals surface area contributed by atoms with Gasteiger partial charge in [0.15, 0.2) is 0 Å². The van der Waals surface area contributed by atoms with Gasteiger partial charge in [0, 0.05) is 6.42 Å². The number of ether oxygens (including phenoxy) is 1. The molecule has 1 atom stereocenters. The maximum Gasteiger partial charge on any atom is 0.347 e. The third-order valence-electron chi connectivity index (χ3n) is 3.91. The molecule has 7 nitrogen and oxygen atoms in total. The van der Waals surface area contributed by atoms with E-state index in [2.05, 4.69) is 5.10 Å². The van der Waals surface area contributed by atoms with E-state index in [0.717, 1.165) is 17.7 Å². The van der Waals surface area contributed by atoms with Crippen molar-refractivity contribution in [3.63, 3.8) is 0 Å². The molecule has 2 heterocycles. The molecule has 1 aliphatic rings. The number of rotatable bonds is 4. The van der Waals surface area contributed by atoms with Crippen molar-refractivity contribution in [2.45, 2.75) is 31.8 Å². The highest BCUT2D eigenvalue weighted by atomic mass is 16.5. The lowest BCUT2D eigenvalue weighted by Gasteiger charge is -2.19. The van der Waals surface area contributed by atoms with Crippen LogP contribution >= 0.6 is 0 Å². The van der Waals surface area contributed by atoms with Crippen LogP contribution in [0.5, 0.6) is 5.75 Å². The van der Waals surface area contributed by atoms with Gasteiger partial charge in [0.1, 0.15) is 17.6 Å². The fourth-order valence-electron chi connectivity index (χ4n) is 2.77. The molecule has 0 saturated carbocycles. The number of nitrogens with zero attached hydrogens (tertiary/aromatic N) is 3. The Kier molecular flexibility index (Phi) is 3.70. The van der Waals surface area contributed by atoms with E-state index in [1.807, 2.05) is 24.3 Å². The lowest BCUT2D eigenvalue weighted by Crippen LogP contribution is -2.34. The zero-order chi connectivity index (χ0) is 15.7. The predicted molar refractivity (Wildman–Crippen MR) is 78.2 cm³/mol. The van der Waals surface area contributed by atoms with Crippen LogP contribution in [0, 0.1) is 0 Å². The Morgan fingerprint density at radius 2 is 2.14 bits per heavy atom. The van der Waals surface area contributed by atoms with Crippen molar-refractivity contribution in [3.8, 4) is 5.75 Å². The van der Waals surface area contributed by atoms with Crippen molar-refractivity contribution < 1.29 is 14.6 Å². The number of aryl methyl sites for hydroxylation is 1. The number of carboxylic acids is 1. The highest BCUT2D eigenvalue weighted by Gasteiger charge is 2.30. The van der Waals surface area contributed by atoms with Crippen LogP contribution in [-0.4, -0.2) is 32.5 Å². The van der Waals surface area contributed by atoms with Crippen molar-refractivity contribution in [3.05, 3.63) is 46.1 Å². The molecule has 1 aliphatic heterocycles. The van der Waals surface area contributed by atoms with Crippen molar-refractivity contribution in [2.75, 3.05) is 7.11 Å². The van der Waals surface area contributed by atoms with Crippen molar-refractivity contribution >= 4 is 5.97 Å². The Morgan fingerprint density at radius 3 is 2.77 bits per heavy atom. The quantitative estimate of drug-likeness (QED) is 0.913. The van der Waals surface area contributed by atoms with Crippen molar-refractivity contribution in [2.24, 2.45) is 0 Å². The molecule has 0 bridgehead atoms. The lowest BCUT2D eigenvalue weighted by atomic mass is 10.1. The van der Waals surface area contributed by atoms with Gasteiger partial charge in [-0.3, -0.25) is 4.57 Å². The van der Waals surface area contributed by atoms with Crippen LogP contribution in [0.3, 0.4) is 0 Å². The molecule has 1 N–H and O–H groups in total. The van der Waals surface area contributed by atoms with Crippen molar-refractivity contribution in [1.29, 1.82) is 0 Å². The summed E-state index contributed by atoms with van der Waals surface area (Å²) in [6.07, 6.45) is 1.83. The van der Waals surface area contributed by atoms with E-state index in [-0.39, 0.29) is 5.69 Å². The maximum absolute atomic E-state index is 12.4. The number of hydrogen-bond acceptors (Lipinski definition) is 4. The summed E-state index contributed by atoms with van der Waals surface area (Å²) in [7, 11) is 1.59. The van der Waals surface area contributed by atoms with Crippen LogP contribution in [0.4, 0.5) is 0 Å². The molecular weight excluding hydrogens is 286 g/mol. The molecule has 0 fully saturated rings. The van der Waals surface area contributed by atoms with Gasteiger partial charge in [0.2, 0.25) is 0 Å². The Hall–Kier alpha value is -2.57. The van der Waals surface area contributed by atoms with Gasteiger partial charge >= 0.3 is 11.7 Å². The zero-order valence-electron chi connectivity index (χ0n) is 12.2. The average molecular weight is 303 g/mol. The predicted octanol–water partition coefficient (Wildman–Crippen LogP) is 1.06. The molecule has 0 aliphatic carbocycles. The van der Waals surface area contributed by atoms with E-state index >= 15 is 0 Å². The largest absolute Gasteiger partial charge is 0.497 e. The lowest BCUT2D eigenvalue weighted by molar-refractivity contribution is -0.141. The molecule has 22 heavy (non-hydrogen) atoms. The number of benzene rings is 1. The van der Waals surface area contributed by atoms with Gasteiger partial charge in [-0.25, -0.2) is 14.3 Å². The normalized spacial score (nSPS) is 17.0. The van der Waals surface area contributed by atoms with Crippen LogP contribution in [-0.2, 0) is 17.8 Å². The van der Waals surface area contributed by atoms with Gasteiger partial charge in [-0.05, 0) is 30.5 Å². The SMILES string of the molecule is COc1ccc(Cn2nc3n(c2=O)[C@H](C(=O)O)CCC3)cc1. The fourth-order valence-corrected chi connectivity index (χ4v) is 2.77. The first-order valence-corrected chi connectivity index (χ1v) is 7.14. The first kappa shape index (κ1) is 14.4. The standard InChI is InChI=1S/C15H17N3O4/c1-22-11-7-5-10(6-8-11)9-17-15(21)18-12(14(19)20)3-2-4-13(18)16-17/h5-8,12H,2-4,9H2,1H3,(H,19,20)/t12-/m0/s1. The van der Waals surface area contributed by atoms with Gasteiger partial charge in [-0.1, -0.05) is 12.1 Å². The fraction of sp³-hybridized carbons (Fsp3) is 0.400. The number of aromatic nitrogens is 3. The van der Waals surface area contributed by atoms with Gasteiger partial charge in [0.05, 0.1) is 13.7 Å². The average Bonchev–Trinajstić information content (AvgIpc) is 2.84. The first-order chi connectivity index (χ1) is 10.6. The third-order valence-corrected chi connectivity index (χ3v) is 3.91.